The quantitative estimate of drug-likeness (QED) is 0.682. The molecule has 0 bridgehead atoms. The Labute approximate surface area is 128 Å². The summed E-state index contributed by atoms with van der Waals surface area (Å²) >= 11 is 0. The van der Waals surface area contributed by atoms with Gasteiger partial charge in [0.25, 0.3) is 0 Å². The van der Waals surface area contributed by atoms with E-state index in [2.05, 4.69) is 67.5 Å². The molecule has 0 aromatic heterocycles. The number of ether oxygens (including phenoxy) is 1. The summed E-state index contributed by atoms with van der Waals surface area (Å²) in [4.78, 5) is 2.19. The third kappa shape index (κ3) is 5.70. The fourth-order valence-electron chi connectivity index (χ4n) is 2.27. The first-order chi connectivity index (χ1) is 10.3. The predicted molar refractivity (Wildman–Crippen MR) is 89.6 cm³/mol. The molecule has 0 atom stereocenters. The number of rotatable bonds is 8. The van der Waals surface area contributed by atoms with E-state index in [0.717, 1.165) is 32.6 Å². The van der Waals surface area contributed by atoms with Crippen LogP contribution in [0.1, 0.15) is 12.0 Å². The van der Waals surface area contributed by atoms with E-state index in [9.17, 15) is 0 Å². The highest BCUT2D eigenvalue weighted by atomic mass is 16.5. The summed E-state index contributed by atoms with van der Waals surface area (Å²) in [5.74, 6) is 0. The fraction of sp³-hybridized carbons (Fsp3) is 0.368. The lowest BCUT2D eigenvalue weighted by Gasteiger charge is -2.09. The molecule has 0 spiro atoms. The zero-order valence-electron chi connectivity index (χ0n) is 13.1. The maximum atomic E-state index is 5.68. The summed E-state index contributed by atoms with van der Waals surface area (Å²) in [6.45, 7) is 2.74. The monoisotopic (exact) mass is 283 g/mol. The molecule has 0 N–H and O–H groups in total. The molecule has 2 aromatic carbocycles. The molecule has 0 heterocycles. The van der Waals surface area contributed by atoms with Crippen LogP contribution in [-0.2, 0) is 11.2 Å². The van der Waals surface area contributed by atoms with Gasteiger partial charge < -0.3 is 9.64 Å². The third-order valence-corrected chi connectivity index (χ3v) is 3.49. The van der Waals surface area contributed by atoms with E-state index in [1.807, 2.05) is 6.07 Å². The molecule has 0 aliphatic carbocycles. The molecule has 2 rings (SSSR count). The fourth-order valence-corrected chi connectivity index (χ4v) is 2.27. The van der Waals surface area contributed by atoms with Crippen molar-refractivity contribution in [2.24, 2.45) is 0 Å². The standard InChI is InChI=1S/C19H25NO/c1-20(2)14-6-15-21-16-13-17-9-11-19(12-10-17)18-7-4-3-5-8-18/h3-5,7-12H,6,13-16H2,1-2H3. The van der Waals surface area contributed by atoms with Crippen LogP contribution in [0.3, 0.4) is 0 Å². The van der Waals surface area contributed by atoms with Crippen molar-refractivity contribution in [1.82, 2.24) is 4.90 Å². The first-order valence-corrected chi connectivity index (χ1v) is 7.62. The molecule has 0 unspecified atom stereocenters. The van der Waals surface area contributed by atoms with Crippen molar-refractivity contribution in [2.45, 2.75) is 12.8 Å². The normalized spacial score (nSPS) is 11.0. The van der Waals surface area contributed by atoms with Gasteiger partial charge in [-0.05, 0) is 50.2 Å². The van der Waals surface area contributed by atoms with Gasteiger partial charge in [0.1, 0.15) is 0 Å². The summed E-state index contributed by atoms with van der Waals surface area (Å²) < 4.78 is 5.68. The zero-order valence-corrected chi connectivity index (χ0v) is 13.1. The highest BCUT2D eigenvalue weighted by Gasteiger charge is 1.98. The van der Waals surface area contributed by atoms with Gasteiger partial charge in [-0.3, -0.25) is 0 Å². The average molecular weight is 283 g/mol. The molecule has 112 valence electrons. The van der Waals surface area contributed by atoms with Crippen molar-refractivity contribution >= 4 is 0 Å². The van der Waals surface area contributed by atoms with Gasteiger partial charge in [0, 0.05) is 6.61 Å². The number of hydrogen-bond acceptors (Lipinski definition) is 2. The SMILES string of the molecule is CN(C)CCCOCCc1ccc(-c2ccccc2)cc1. The van der Waals surface area contributed by atoms with E-state index in [4.69, 9.17) is 4.74 Å². The minimum absolute atomic E-state index is 0.804. The summed E-state index contributed by atoms with van der Waals surface area (Å²) in [6, 6.07) is 19.3. The molecule has 2 heteroatoms. The Morgan fingerprint density at radius 1 is 0.810 bits per heavy atom. The Morgan fingerprint density at radius 3 is 2.14 bits per heavy atom. The van der Waals surface area contributed by atoms with Crippen LogP contribution in [0.5, 0.6) is 0 Å². The van der Waals surface area contributed by atoms with Gasteiger partial charge in [0.15, 0.2) is 0 Å². The molecular weight excluding hydrogens is 258 g/mol. The van der Waals surface area contributed by atoms with Crippen LogP contribution in [0.2, 0.25) is 0 Å². The third-order valence-electron chi connectivity index (χ3n) is 3.49. The summed E-state index contributed by atoms with van der Waals surface area (Å²) in [7, 11) is 4.18. The Kier molecular flexibility index (Phi) is 6.45. The van der Waals surface area contributed by atoms with Crippen molar-refractivity contribution in [2.75, 3.05) is 33.9 Å². The molecule has 0 radical (unpaired) electrons. The second kappa shape index (κ2) is 8.60. The Morgan fingerprint density at radius 2 is 1.48 bits per heavy atom. The highest BCUT2D eigenvalue weighted by Crippen LogP contribution is 2.19. The van der Waals surface area contributed by atoms with E-state index < -0.39 is 0 Å². The largest absolute Gasteiger partial charge is 0.381 e. The molecule has 2 aromatic rings. The van der Waals surface area contributed by atoms with Crippen LogP contribution >= 0.6 is 0 Å². The van der Waals surface area contributed by atoms with Crippen LogP contribution in [0, 0.1) is 0 Å². The summed E-state index contributed by atoms with van der Waals surface area (Å²) in [5, 5.41) is 0. The number of nitrogens with zero attached hydrogens (tertiary/aromatic N) is 1. The molecule has 0 fully saturated rings. The van der Waals surface area contributed by atoms with Gasteiger partial charge in [-0.1, -0.05) is 54.6 Å². The minimum atomic E-state index is 0.804. The molecule has 0 saturated carbocycles. The molecule has 0 saturated heterocycles. The lowest BCUT2D eigenvalue weighted by molar-refractivity contribution is 0.128. The van der Waals surface area contributed by atoms with Gasteiger partial charge >= 0.3 is 0 Å². The minimum Gasteiger partial charge on any atom is -0.381 e. The van der Waals surface area contributed by atoms with Crippen LogP contribution in [0.25, 0.3) is 11.1 Å². The maximum Gasteiger partial charge on any atom is 0.0506 e. The average Bonchev–Trinajstić information content (AvgIpc) is 2.52. The van der Waals surface area contributed by atoms with Crippen LogP contribution < -0.4 is 0 Å². The van der Waals surface area contributed by atoms with E-state index in [0.29, 0.717) is 0 Å². The second-order valence-corrected chi connectivity index (χ2v) is 5.58. The van der Waals surface area contributed by atoms with Crippen molar-refractivity contribution in [1.29, 1.82) is 0 Å². The Hall–Kier alpha value is -1.64. The van der Waals surface area contributed by atoms with Crippen molar-refractivity contribution < 1.29 is 4.74 Å². The van der Waals surface area contributed by atoms with Crippen molar-refractivity contribution in [3.8, 4) is 11.1 Å². The van der Waals surface area contributed by atoms with E-state index in [1.165, 1.54) is 16.7 Å². The number of hydrogen-bond donors (Lipinski definition) is 0. The van der Waals surface area contributed by atoms with Gasteiger partial charge in [0.05, 0.1) is 6.61 Å². The van der Waals surface area contributed by atoms with Crippen LogP contribution in [0.4, 0.5) is 0 Å². The molecule has 0 amide bonds. The van der Waals surface area contributed by atoms with Crippen LogP contribution in [-0.4, -0.2) is 38.8 Å². The first-order valence-electron chi connectivity index (χ1n) is 7.62. The van der Waals surface area contributed by atoms with E-state index in [1.54, 1.807) is 0 Å². The first kappa shape index (κ1) is 15.7. The lowest BCUT2D eigenvalue weighted by Crippen LogP contribution is -2.15. The predicted octanol–water partition coefficient (Wildman–Crippen LogP) is 3.86. The maximum absolute atomic E-state index is 5.68. The molecule has 2 nitrogen and oxygen atoms in total. The molecule has 0 aliphatic rings. The van der Waals surface area contributed by atoms with Crippen molar-refractivity contribution in [3.05, 3.63) is 60.2 Å². The Bertz CT molecular complexity index is 505. The highest BCUT2D eigenvalue weighted by molar-refractivity contribution is 5.63. The topological polar surface area (TPSA) is 12.5 Å². The smallest absolute Gasteiger partial charge is 0.0506 e. The van der Waals surface area contributed by atoms with Crippen molar-refractivity contribution in [3.63, 3.8) is 0 Å². The Balaban J connectivity index is 1.73. The summed E-state index contributed by atoms with van der Waals surface area (Å²) in [5.41, 5.74) is 3.87. The van der Waals surface area contributed by atoms with E-state index >= 15 is 0 Å². The molecular formula is C19H25NO. The number of benzene rings is 2. The van der Waals surface area contributed by atoms with Gasteiger partial charge in [-0.2, -0.15) is 0 Å². The van der Waals surface area contributed by atoms with Crippen LogP contribution in [0.15, 0.2) is 54.6 Å². The van der Waals surface area contributed by atoms with Gasteiger partial charge in [-0.15, -0.1) is 0 Å². The molecule has 0 aliphatic heterocycles. The van der Waals surface area contributed by atoms with Gasteiger partial charge in [-0.25, -0.2) is 0 Å². The lowest BCUT2D eigenvalue weighted by atomic mass is 10.0. The zero-order chi connectivity index (χ0) is 14.9. The molecule has 21 heavy (non-hydrogen) atoms. The summed E-state index contributed by atoms with van der Waals surface area (Å²) in [6.07, 6.45) is 2.08. The second-order valence-electron chi connectivity index (χ2n) is 5.58. The van der Waals surface area contributed by atoms with Gasteiger partial charge in [0.2, 0.25) is 0 Å². The van der Waals surface area contributed by atoms with E-state index in [-0.39, 0.29) is 0 Å².